The van der Waals surface area contributed by atoms with Gasteiger partial charge in [0.05, 0.1) is 12.6 Å². The van der Waals surface area contributed by atoms with E-state index in [9.17, 15) is 4.39 Å². The third-order valence-electron chi connectivity index (χ3n) is 2.18. The minimum Gasteiger partial charge on any atom is -0.380 e. The van der Waals surface area contributed by atoms with Crippen LogP contribution in [0.2, 0.25) is 0 Å². The van der Waals surface area contributed by atoms with Gasteiger partial charge >= 0.3 is 0 Å². The largest absolute Gasteiger partial charge is 0.380 e. The van der Waals surface area contributed by atoms with Gasteiger partial charge in [-0.15, -0.1) is 0 Å². The molecule has 0 aliphatic heterocycles. The Morgan fingerprint density at radius 3 is 2.80 bits per heavy atom. The lowest BCUT2D eigenvalue weighted by molar-refractivity contribution is 0.125. The summed E-state index contributed by atoms with van der Waals surface area (Å²) in [5.74, 6) is -0.239. The summed E-state index contributed by atoms with van der Waals surface area (Å²) in [6, 6.07) is 4.77. The van der Waals surface area contributed by atoms with E-state index in [1.807, 2.05) is 14.0 Å². The van der Waals surface area contributed by atoms with Crippen LogP contribution >= 0.6 is 15.9 Å². The quantitative estimate of drug-likeness (QED) is 0.892. The van der Waals surface area contributed by atoms with Crippen LogP contribution in [0.3, 0.4) is 0 Å². The predicted molar refractivity (Wildman–Crippen MR) is 62.4 cm³/mol. The van der Waals surface area contributed by atoms with Gasteiger partial charge in [0.2, 0.25) is 0 Å². The molecule has 15 heavy (non-hydrogen) atoms. The lowest BCUT2D eigenvalue weighted by Crippen LogP contribution is -2.22. The van der Waals surface area contributed by atoms with E-state index in [1.54, 1.807) is 6.07 Å². The number of halogens is 2. The van der Waals surface area contributed by atoms with Crippen molar-refractivity contribution >= 4 is 15.9 Å². The molecule has 0 amide bonds. The molecular formula is C11H15BrFNO. The van der Waals surface area contributed by atoms with Gasteiger partial charge in [0.25, 0.3) is 0 Å². The molecule has 0 radical (unpaired) electrons. The van der Waals surface area contributed by atoms with Crippen molar-refractivity contribution in [2.75, 3.05) is 20.3 Å². The Hall–Kier alpha value is -0.450. The van der Waals surface area contributed by atoms with Crippen molar-refractivity contribution in [2.24, 2.45) is 0 Å². The minimum absolute atomic E-state index is 0.0833. The van der Waals surface area contributed by atoms with Gasteiger partial charge in [-0.2, -0.15) is 0 Å². The van der Waals surface area contributed by atoms with Crippen molar-refractivity contribution < 1.29 is 9.13 Å². The number of ether oxygens (including phenoxy) is 1. The van der Waals surface area contributed by atoms with E-state index in [-0.39, 0.29) is 11.9 Å². The molecule has 0 aliphatic carbocycles. The molecule has 0 saturated carbocycles. The average molecular weight is 276 g/mol. The highest BCUT2D eigenvalue weighted by Gasteiger charge is 2.12. The van der Waals surface area contributed by atoms with E-state index < -0.39 is 0 Å². The number of nitrogens with one attached hydrogen (secondary N) is 1. The van der Waals surface area contributed by atoms with Crippen LogP contribution in [0.5, 0.6) is 0 Å². The summed E-state index contributed by atoms with van der Waals surface area (Å²) in [7, 11) is 1.86. The molecule has 2 nitrogen and oxygen atoms in total. The van der Waals surface area contributed by atoms with Gasteiger partial charge in [-0.05, 0) is 31.7 Å². The smallest absolute Gasteiger partial charge is 0.124 e. The lowest BCUT2D eigenvalue weighted by atomic mass is 10.1. The summed E-state index contributed by atoms with van der Waals surface area (Å²) in [6.45, 7) is 3.21. The van der Waals surface area contributed by atoms with Crippen molar-refractivity contribution in [3.05, 3.63) is 34.1 Å². The fourth-order valence-corrected chi connectivity index (χ4v) is 1.98. The molecule has 1 rings (SSSR count). The standard InChI is InChI=1S/C11H15BrFNO/c1-3-15-7-11(14-2)9-5-4-8(13)6-10(9)12/h4-6,11,14H,3,7H2,1-2H3. The molecule has 4 heteroatoms. The second kappa shape index (κ2) is 6.20. The third kappa shape index (κ3) is 3.55. The van der Waals surface area contributed by atoms with Gasteiger partial charge in [0, 0.05) is 11.1 Å². The summed E-state index contributed by atoms with van der Waals surface area (Å²) in [6.07, 6.45) is 0. The zero-order valence-electron chi connectivity index (χ0n) is 8.89. The Morgan fingerprint density at radius 1 is 1.53 bits per heavy atom. The molecule has 1 unspecified atom stereocenters. The highest BCUT2D eigenvalue weighted by atomic mass is 79.9. The first-order chi connectivity index (χ1) is 7.19. The Balaban J connectivity index is 2.81. The van der Waals surface area contributed by atoms with Gasteiger partial charge in [-0.1, -0.05) is 22.0 Å². The van der Waals surface area contributed by atoms with Crippen LogP contribution in [-0.4, -0.2) is 20.3 Å². The predicted octanol–water partition coefficient (Wildman–Crippen LogP) is 2.89. The Kier molecular flexibility index (Phi) is 5.22. The van der Waals surface area contributed by atoms with E-state index in [4.69, 9.17) is 4.74 Å². The maximum Gasteiger partial charge on any atom is 0.124 e. The number of benzene rings is 1. The summed E-state index contributed by atoms with van der Waals surface area (Å²) in [4.78, 5) is 0. The van der Waals surface area contributed by atoms with E-state index >= 15 is 0 Å². The highest BCUT2D eigenvalue weighted by Crippen LogP contribution is 2.24. The van der Waals surface area contributed by atoms with E-state index in [0.29, 0.717) is 13.2 Å². The van der Waals surface area contributed by atoms with E-state index in [1.165, 1.54) is 12.1 Å². The number of likely N-dealkylation sites (N-methyl/N-ethyl adjacent to an activating group) is 1. The fraction of sp³-hybridized carbons (Fsp3) is 0.455. The van der Waals surface area contributed by atoms with Crippen molar-refractivity contribution in [1.29, 1.82) is 0 Å². The average Bonchev–Trinajstić information content (AvgIpc) is 2.21. The second-order valence-corrected chi connectivity index (χ2v) is 4.02. The molecule has 1 N–H and O–H groups in total. The molecule has 1 aromatic rings. The molecule has 1 aromatic carbocycles. The maximum absolute atomic E-state index is 12.9. The van der Waals surface area contributed by atoms with Crippen LogP contribution in [-0.2, 0) is 4.74 Å². The minimum atomic E-state index is -0.239. The fourth-order valence-electron chi connectivity index (χ4n) is 1.35. The first-order valence-electron chi connectivity index (χ1n) is 4.89. The highest BCUT2D eigenvalue weighted by molar-refractivity contribution is 9.10. The first kappa shape index (κ1) is 12.6. The van der Waals surface area contributed by atoms with Crippen LogP contribution in [0.1, 0.15) is 18.5 Å². The van der Waals surface area contributed by atoms with Crippen molar-refractivity contribution in [2.45, 2.75) is 13.0 Å². The molecule has 0 aromatic heterocycles. The molecule has 84 valence electrons. The van der Waals surface area contributed by atoms with Crippen LogP contribution in [0.25, 0.3) is 0 Å². The Bertz CT molecular complexity index is 319. The van der Waals surface area contributed by atoms with Gasteiger partial charge in [0.15, 0.2) is 0 Å². The van der Waals surface area contributed by atoms with Gasteiger partial charge in [-0.25, -0.2) is 4.39 Å². The van der Waals surface area contributed by atoms with Crippen LogP contribution in [0.4, 0.5) is 4.39 Å². The zero-order chi connectivity index (χ0) is 11.3. The molecular weight excluding hydrogens is 261 g/mol. The molecule has 0 aliphatic rings. The van der Waals surface area contributed by atoms with E-state index in [2.05, 4.69) is 21.2 Å². The molecule has 0 fully saturated rings. The van der Waals surface area contributed by atoms with Gasteiger partial charge in [0.1, 0.15) is 5.82 Å². The second-order valence-electron chi connectivity index (χ2n) is 3.17. The van der Waals surface area contributed by atoms with Gasteiger partial charge < -0.3 is 10.1 Å². The van der Waals surface area contributed by atoms with Crippen LogP contribution < -0.4 is 5.32 Å². The van der Waals surface area contributed by atoms with Crippen molar-refractivity contribution in [1.82, 2.24) is 5.32 Å². The van der Waals surface area contributed by atoms with Crippen molar-refractivity contribution in [3.8, 4) is 0 Å². The lowest BCUT2D eigenvalue weighted by Gasteiger charge is -2.17. The first-order valence-corrected chi connectivity index (χ1v) is 5.68. The Labute approximate surface area is 98.0 Å². The molecule has 0 saturated heterocycles. The van der Waals surface area contributed by atoms with Crippen LogP contribution in [0.15, 0.2) is 22.7 Å². The Morgan fingerprint density at radius 2 is 2.27 bits per heavy atom. The molecule has 0 spiro atoms. The normalized spacial score (nSPS) is 12.8. The molecule has 0 heterocycles. The number of rotatable bonds is 5. The van der Waals surface area contributed by atoms with Gasteiger partial charge in [-0.3, -0.25) is 0 Å². The monoisotopic (exact) mass is 275 g/mol. The number of hydrogen-bond donors (Lipinski definition) is 1. The molecule has 1 atom stereocenters. The zero-order valence-corrected chi connectivity index (χ0v) is 10.5. The summed E-state index contributed by atoms with van der Waals surface area (Å²) >= 11 is 3.34. The maximum atomic E-state index is 12.9. The van der Waals surface area contributed by atoms with Crippen LogP contribution in [0, 0.1) is 5.82 Å². The summed E-state index contributed by atoms with van der Waals surface area (Å²) in [5.41, 5.74) is 1.01. The SMILES string of the molecule is CCOCC(NC)c1ccc(F)cc1Br. The van der Waals surface area contributed by atoms with Crippen molar-refractivity contribution in [3.63, 3.8) is 0 Å². The summed E-state index contributed by atoms with van der Waals surface area (Å²) < 4.78 is 19.0. The summed E-state index contributed by atoms with van der Waals surface area (Å²) in [5, 5.41) is 3.14. The number of hydrogen-bond acceptors (Lipinski definition) is 2. The van der Waals surface area contributed by atoms with E-state index in [0.717, 1.165) is 10.0 Å². The topological polar surface area (TPSA) is 21.3 Å². The third-order valence-corrected chi connectivity index (χ3v) is 2.86. The molecule has 0 bridgehead atoms.